The molecule has 0 aliphatic carbocycles. The van der Waals surface area contributed by atoms with E-state index in [4.69, 9.17) is 11.6 Å². The van der Waals surface area contributed by atoms with Gasteiger partial charge in [-0.15, -0.1) is 0 Å². The minimum absolute atomic E-state index is 0.0147. The van der Waals surface area contributed by atoms with Gasteiger partial charge in [-0.05, 0) is 60.1 Å². The second-order valence-corrected chi connectivity index (χ2v) is 8.94. The van der Waals surface area contributed by atoms with Crippen LogP contribution in [0.15, 0.2) is 18.2 Å². The summed E-state index contributed by atoms with van der Waals surface area (Å²) in [6.45, 7) is 1.21. The van der Waals surface area contributed by atoms with Crippen molar-refractivity contribution in [2.75, 3.05) is 24.2 Å². The molecule has 5 nitrogen and oxygen atoms in total. The molecule has 0 spiro atoms. The van der Waals surface area contributed by atoms with Crippen molar-refractivity contribution in [1.82, 2.24) is 4.31 Å². The predicted molar refractivity (Wildman–Crippen MR) is 96.6 cm³/mol. The Labute approximate surface area is 149 Å². The first kappa shape index (κ1) is 18.0. The Morgan fingerprint density at radius 2 is 2.00 bits per heavy atom. The number of anilines is 1. The molecule has 1 heterocycles. The zero-order valence-electron chi connectivity index (χ0n) is 12.0. The molecule has 1 aliphatic heterocycles. The maximum Gasteiger partial charge on any atom is 0.224 e. The fourth-order valence-corrected chi connectivity index (χ4v) is 4.80. The molecule has 1 fully saturated rings. The van der Waals surface area contributed by atoms with Gasteiger partial charge in [0.15, 0.2) is 0 Å². The number of nitrogens with one attached hydrogen (secondary N) is 1. The van der Waals surface area contributed by atoms with Crippen molar-refractivity contribution < 1.29 is 13.2 Å². The van der Waals surface area contributed by atoms with E-state index in [1.54, 1.807) is 12.1 Å². The van der Waals surface area contributed by atoms with E-state index in [0.717, 1.165) is 16.4 Å². The molecular formula is C14H18ClIN2O3S. The molecule has 1 amide bonds. The van der Waals surface area contributed by atoms with Crippen LogP contribution in [-0.4, -0.2) is 37.5 Å². The summed E-state index contributed by atoms with van der Waals surface area (Å²) in [5, 5.41) is 3.19. The number of nitrogens with zero attached hydrogens (tertiary/aromatic N) is 1. The van der Waals surface area contributed by atoms with Gasteiger partial charge in [0, 0.05) is 23.1 Å². The molecule has 0 radical (unpaired) electrons. The van der Waals surface area contributed by atoms with Crippen molar-refractivity contribution in [2.45, 2.75) is 25.7 Å². The second kappa shape index (κ2) is 7.94. The van der Waals surface area contributed by atoms with Crippen molar-refractivity contribution in [2.24, 2.45) is 0 Å². The molecule has 0 saturated carbocycles. The highest BCUT2D eigenvalue weighted by Crippen LogP contribution is 2.24. The molecule has 1 saturated heterocycles. The van der Waals surface area contributed by atoms with Gasteiger partial charge in [0.1, 0.15) is 0 Å². The van der Waals surface area contributed by atoms with Crippen molar-refractivity contribution in [3.8, 4) is 0 Å². The first-order valence-electron chi connectivity index (χ1n) is 7.11. The molecule has 0 aromatic heterocycles. The van der Waals surface area contributed by atoms with Gasteiger partial charge in [0.25, 0.3) is 0 Å². The van der Waals surface area contributed by atoms with E-state index in [0.29, 0.717) is 30.2 Å². The summed E-state index contributed by atoms with van der Waals surface area (Å²) in [6.07, 6.45) is 2.32. The van der Waals surface area contributed by atoms with Crippen LogP contribution < -0.4 is 5.32 Å². The summed E-state index contributed by atoms with van der Waals surface area (Å²) in [5.41, 5.74) is 0.550. The highest BCUT2D eigenvalue weighted by molar-refractivity contribution is 14.1. The van der Waals surface area contributed by atoms with Crippen LogP contribution in [-0.2, 0) is 14.8 Å². The van der Waals surface area contributed by atoms with Crippen LogP contribution in [0.2, 0.25) is 5.02 Å². The third kappa shape index (κ3) is 5.07. The average molecular weight is 457 g/mol. The maximum atomic E-state index is 12.0. The van der Waals surface area contributed by atoms with Crippen molar-refractivity contribution in [3.63, 3.8) is 0 Å². The van der Waals surface area contributed by atoms with Crippen molar-refractivity contribution >= 4 is 55.8 Å². The minimum Gasteiger partial charge on any atom is -0.325 e. The molecule has 0 atom stereocenters. The minimum atomic E-state index is -3.22. The standard InChI is InChI=1S/C14H18ClIN2O3S/c15-12-10-11(16)5-6-13(12)17-14(19)4-3-9-22(20,21)18-7-1-2-8-18/h5-6,10H,1-4,7-9H2,(H,17,19). The normalized spacial score (nSPS) is 15.9. The van der Waals surface area contributed by atoms with E-state index >= 15 is 0 Å². The molecule has 1 N–H and O–H groups in total. The molecular weight excluding hydrogens is 439 g/mol. The van der Waals surface area contributed by atoms with Crippen LogP contribution in [0.1, 0.15) is 25.7 Å². The summed E-state index contributed by atoms with van der Waals surface area (Å²) in [7, 11) is -3.22. The van der Waals surface area contributed by atoms with Gasteiger partial charge in [0.2, 0.25) is 15.9 Å². The van der Waals surface area contributed by atoms with Crippen LogP contribution in [0.25, 0.3) is 0 Å². The molecule has 1 aromatic rings. The highest BCUT2D eigenvalue weighted by Gasteiger charge is 2.24. The number of hydrogen-bond donors (Lipinski definition) is 1. The third-order valence-corrected chi connectivity index (χ3v) is 6.41. The Morgan fingerprint density at radius 1 is 1.32 bits per heavy atom. The Kier molecular flexibility index (Phi) is 6.48. The zero-order chi connectivity index (χ0) is 16.2. The summed E-state index contributed by atoms with van der Waals surface area (Å²) in [6, 6.07) is 5.35. The van der Waals surface area contributed by atoms with Gasteiger partial charge in [-0.3, -0.25) is 4.79 Å². The molecule has 22 heavy (non-hydrogen) atoms. The van der Waals surface area contributed by atoms with E-state index in [2.05, 4.69) is 27.9 Å². The number of rotatable bonds is 6. The van der Waals surface area contributed by atoms with E-state index in [-0.39, 0.29) is 18.1 Å². The summed E-state index contributed by atoms with van der Waals surface area (Å²) in [4.78, 5) is 11.9. The lowest BCUT2D eigenvalue weighted by Gasteiger charge is -2.15. The molecule has 2 rings (SSSR count). The third-order valence-electron chi connectivity index (χ3n) is 3.47. The van der Waals surface area contributed by atoms with Gasteiger partial charge in [-0.2, -0.15) is 0 Å². The highest BCUT2D eigenvalue weighted by atomic mass is 127. The van der Waals surface area contributed by atoms with Gasteiger partial charge in [0.05, 0.1) is 16.5 Å². The van der Waals surface area contributed by atoms with Crippen LogP contribution >= 0.6 is 34.2 Å². The predicted octanol–water partition coefficient (Wildman–Crippen LogP) is 3.09. The average Bonchev–Trinajstić information content (AvgIpc) is 2.96. The lowest BCUT2D eigenvalue weighted by Crippen LogP contribution is -2.30. The number of hydrogen-bond acceptors (Lipinski definition) is 3. The van der Waals surface area contributed by atoms with Gasteiger partial charge in [-0.25, -0.2) is 12.7 Å². The lowest BCUT2D eigenvalue weighted by molar-refractivity contribution is -0.116. The molecule has 1 aliphatic rings. The Bertz CT molecular complexity index is 645. The second-order valence-electron chi connectivity index (χ2n) is 5.20. The van der Waals surface area contributed by atoms with E-state index in [9.17, 15) is 13.2 Å². The fourth-order valence-electron chi connectivity index (χ4n) is 2.31. The molecule has 1 aromatic carbocycles. The number of sulfonamides is 1. The number of amides is 1. The first-order valence-corrected chi connectivity index (χ1v) is 10.2. The van der Waals surface area contributed by atoms with Gasteiger partial charge >= 0.3 is 0 Å². The monoisotopic (exact) mass is 456 g/mol. The zero-order valence-corrected chi connectivity index (χ0v) is 15.7. The largest absolute Gasteiger partial charge is 0.325 e. The van der Waals surface area contributed by atoms with E-state index in [1.165, 1.54) is 4.31 Å². The first-order chi connectivity index (χ1) is 10.4. The number of carbonyl (C=O) groups is 1. The molecule has 8 heteroatoms. The van der Waals surface area contributed by atoms with Crippen LogP contribution in [0.5, 0.6) is 0 Å². The summed E-state index contributed by atoms with van der Waals surface area (Å²) >= 11 is 8.18. The van der Waals surface area contributed by atoms with Crippen LogP contribution in [0.4, 0.5) is 5.69 Å². The molecule has 122 valence electrons. The molecule has 0 unspecified atom stereocenters. The van der Waals surface area contributed by atoms with E-state index < -0.39 is 10.0 Å². The van der Waals surface area contributed by atoms with Gasteiger partial charge < -0.3 is 5.32 Å². The van der Waals surface area contributed by atoms with Crippen LogP contribution in [0, 0.1) is 3.57 Å². The van der Waals surface area contributed by atoms with Crippen molar-refractivity contribution in [1.29, 1.82) is 0 Å². The maximum absolute atomic E-state index is 12.0. The number of benzene rings is 1. The number of carbonyl (C=O) groups excluding carboxylic acids is 1. The topological polar surface area (TPSA) is 66.5 Å². The Hall–Kier alpha value is -0.380. The van der Waals surface area contributed by atoms with Gasteiger partial charge in [-0.1, -0.05) is 11.6 Å². The summed E-state index contributed by atoms with van der Waals surface area (Å²) < 4.78 is 26.6. The lowest BCUT2D eigenvalue weighted by atomic mass is 10.3. The van der Waals surface area contributed by atoms with Crippen molar-refractivity contribution in [3.05, 3.63) is 26.8 Å². The van der Waals surface area contributed by atoms with E-state index in [1.807, 2.05) is 6.07 Å². The quantitative estimate of drug-likeness (QED) is 0.669. The smallest absolute Gasteiger partial charge is 0.224 e. The summed E-state index contributed by atoms with van der Waals surface area (Å²) in [5.74, 6) is -0.208. The Balaban J connectivity index is 1.80. The Morgan fingerprint density at radius 3 is 2.64 bits per heavy atom. The number of halogens is 2. The van der Waals surface area contributed by atoms with Crippen LogP contribution in [0.3, 0.4) is 0 Å². The SMILES string of the molecule is O=C(CCCS(=O)(=O)N1CCCC1)Nc1ccc(I)cc1Cl. The molecule has 0 bridgehead atoms. The fraction of sp³-hybridized carbons (Fsp3) is 0.500.